The first-order valence-corrected chi connectivity index (χ1v) is 5.69. The average Bonchev–Trinajstić information content (AvgIpc) is 2.79. The first-order valence-electron chi connectivity index (χ1n) is 5.69. The van der Waals surface area contributed by atoms with Crippen molar-refractivity contribution in [2.24, 2.45) is 5.73 Å². The molecule has 1 aliphatic heterocycles. The summed E-state index contributed by atoms with van der Waals surface area (Å²) in [7, 11) is 0. The molecule has 1 aromatic carbocycles. The molecular formula is C12H13N3O3. The van der Waals surface area contributed by atoms with Gasteiger partial charge < -0.3 is 15.2 Å². The molecule has 0 bridgehead atoms. The zero-order chi connectivity index (χ0) is 12.5. The first-order chi connectivity index (χ1) is 8.79. The van der Waals surface area contributed by atoms with Gasteiger partial charge in [0, 0.05) is 12.1 Å². The van der Waals surface area contributed by atoms with Gasteiger partial charge in [-0.25, -0.2) is 0 Å². The lowest BCUT2D eigenvalue weighted by Crippen LogP contribution is -2.15. The average molecular weight is 247 g/mol. The van der Waals surface area contributed by atoms with Gasteiger partial charge in [-0.05, 0) is 18.2 Å². The first kappa shape index (κ1) is 10.9. The van der Waals surface area contributed by atoms with E-state index in [1.165, 1.54) is 0 Å². The summed E-state index contributed by atoms with van der Waals surface area (Å²) in [6.45, 7) is 1.27. The Kier molecular flexibility index (Phi) is 2.56. The molecule has 1 aromatic heterocycles. The van der Waals surface area contributed by atoms with Crippen LogP contribution in [0.4, 0.5) is 0 Å². The summed E-state index contributed by atoms with van der Waals surface area (Å²) in [5.74, 6) is 1.40. The highest BCUT2D eigenvalue weighted by molar-refractivity contribution is 5.66. The van der Waals surface area contributed by atoms with Crippen LogP contribution in [-0.2, 0) is 6.54 Å². The number of H-pyrrole nitrogens is 2. The molecule has 3 rings (SSSR count). The summed E-state index contributed by atoms with van der Waals surface area (Å²) in [6.07, 6.45) is 0. The molecule has 2 heterocycles. The molecule has 18 heavy (non-hydrogen) atoms. The second kappa shape index (κ2) is 4.23. The van der Waals surface area contributed by atoms with E-state index in [-0.39, 0.29) is 12.1 Å². The van der Waals surface area contributed by atoms with Gasteiger partial charge in [-0.15, -0.1) is 0 Å². The van der Waals surface area contributed by atoms with Crippen molar-refractivity contribution in [1.82, 2.24) is 10.2 Å². The molecule has 2 aromatic rings. The summed E-state index contributed by atoms with van der Waals surface area (Å²) in [4.78, 5) is 11.5. The molecule has 0 saturated carbocycles. The summed E-state index contributed by atoms with van der Waals surface area (Å²) < 4.78 is 11.0. The Bertz CT molecular complexity index is 630. The van der Waals surface area contributed by atoms with E-state index in [9.17, 15) is 4.79 Å². The Morgan fingerprint density at radius 1 is 1.17 bits per heavy atom. The predicted octanol–water partition coefficient (Wildman–Crippen LogP) is 0.600. The molecule has 94 valence electrons. The van der Waals surface area contributed by atoms with Crippen LogP contribution in [0.5, 0.6) is 11.5 Å². The van der Waals surface area contributed by atoms with Gasteiger partial charge in [0.2, 0.25) is 0 Å². The van der Waals surface area contributed by atoms with Gasteiger partial charge in [0.15, 0.2) is 11.5 Å². The molecule has 4 N–H and O–H groups in total. The maximum atomic E-state index is 11.5. The fraction of sp³-hybridized carbons (Fsp3) is 0.250. The van der Waals surface area contributed by atoms with Crippen molar-refractivity contribution in [3.8, 4) is 22.8 Å². The molecule has 0 unspecified atom stereocenters. The Labute approximate surface area is 103 Å². The summed E-state index contributed by atoms with van der Waals surface area (Å²) in [6, 6.07) is 5.54. The van der Waals surface area contributed by atoms with Crippen molar-refractivity contribution in [1.29, 1.82) is 0 Å². The highest BCUT2D eigenvalue weighted by atomic mass is 16.6. The normalized spacial score (nSPS) is 13.6. The Balaban J connectivity index is 2.09. The van der Waals surface area contributed by atoms with E-state index in [0.717, 1.165) is 11.3 Å². The van der Waals surface area contributed by atoms with Crippen molar-refractivity contribution >= 4 is 0 Å². The van der Waals surface area contributed by atoms with Crippen LogP contribution >= 0.6 is 0 Å². The molecule has 6 heteroatoms. The van der Waals surface area contributed by atoms with Crippen LogP contribution in [-0.4, -0.2) is 23.4 Å². The van der Waals surface area contributed by atoms with Gasteiger partial charge in [-0.1, -0.05) is 0 Å². The molecule has 6 nitrogen and oxygen atoms in total. The van der Waals surface area contributed by atoms with Crippen LogP contribution in [0.25, 0.3) is 11.3 Å². The van der Waals surface area contributed by atoms with E-state index in [1.807, 2.05) is 18.2 Å². The number of ether oxygens (including phenoxy) is 2. The summed E-state index contributed by atoms with van der Waals surface area (Å²) in [5, 5.41) is 5.37. The highest BCUT2D eigenvalue weighted by Gasteiger charge is 2.15. The molecule has 0 amide bonds. The molecule has 1 aliphatic rings. The van der Waals surface area contributed by atoms with E-state index < -0.39 is 0 Å². The van der Waals surface area contributed by atoms with Gasteiger partial charge in [-0.3, -0.25) is 15.0 Å². The van der Waals surface area contributed by atoms with Crippen molar-refractivity contribution < 1.29 is 9.47 Å². The number of fused-ring (bicyclic) bond motifs is 1. The second-order valence-electron chi connectivity index (χ2n) is 4.00. The van der Waals surface area contributed by atoms with Crippen molar-refractivity contribution in [3.05, 3.63) is 34.1 Å². The van der Waals surface area contributed by atoms with Crippen LogP contribution in [0.3, 0.4) is 0 Å². The van der Waals surface area contributed by atoms with Gasteiger partial charge in [0.25, 0.3) is 5.56 Å². The third-order valence-corrected chi connectivity index (χ3v) is 2.91. The van der Waals surface area contributed by atoms with Crippen LogP contribution in [0.15, 0.2) is 23.0 Å². The number of benzene rings is 1. The minimum absolute atomic E-state index is 0.183. The van der Waals surface area contributed by atoms with E-state index in [4.69, 9.17) is 15.2 Å². The Morgan fingerprint density at radius 3 is 2.72 bits per heavy atom. The van der Waals surface area contributed by atoms with Gasteiger partial charge >= 0.3 is 0 Å². The lowest BCUT2D eigenvalue weighted by molar-refractivity contribution is 0.171. The SMILES string of the molecule is NCc1c(-c2ccc3c(c2)OCCO3)[nH][nH]c1=O. The molecule has 0 spiro atoms. The number of aromatic nitrogens is 2. The lowest BCUT2D eigenvalue weighted by Gasteiger charge is -2.18. The second-order valence-corrected chi connectivity index (χ2v) is 4.00. The summed E-state index contributed by atoms with van der Waals surface area (Å²) >= 11 is 0. The Morgan fingerprint density at radius 2 is 1.94 bits per heavy atom. The fourth-order valence-electron chi connectivity index (χ4n) is 2.02. The molecule has 0 fully saturated rings. The summed E-state index contributed by atoms with van der Waals surface area (Å²) in [5.41, 5.74) is 7.46. The van der Waals surface area contributed by atoms with Crippen LogP contribution in [0, 0.1) is 0 Å². The van der Waals surface area contributed by atoms with Crippen LogP contribution in [0.1, 0.15) is 5.56 Å². The molecular weight excluding hydrogens is 234 g/mol. The predicted molar refractivity (Wildman–Crippen MR) is 65.7 cm³/mol. The van der Waals surface area contributed by atoms with E-state index in [1.54, 1.807) is 0 Å². The number of nitrogens with one attached hydrogen (secondary N) is 2. The number of hydrogen-bond acceptors (Lipinski definition) is 4. The largest absolute Gasteiger partial charge is 0.486 e. The van der Waals surface area contributed by atoms with E-state index in [2.05, 4.69) is 10.2 Å². The highest BCUT2D eigenvalue weighted by Crippen LogP contribution is 2.34. The fourth-order valence-corrected chi connectivity index (χ4v) is 2.02. The van der Waals surface area contributed by atoms with Crippen LogP contribution < -0.4 is 20.8 Å². The maximum Gasteiger partial charge on any atom is 0.269 e. The van der Waals surface area contributed by atoms with E-state index >= 15 is 0 Å². The Hall–Kier alpha value is -2.21. The number of hydrogen-bond donors (Lipinski definition) is 3. The third kappa shape index (κ3) is 1.67. The standard InChI is InChI=1S/C12H13N3O3/c13-6-8-11(14-15-12(8)16)7-1-2-9-10(5-7)18-4-3-17-9/h1-2,5H,3-4,6,13H2,(H2,14,15,16). The number of rotatable bonds is 2. The number of aromatic amines is 2. The van der Waals surface area contributed by atoms with Crippen molar-refractivity contribution in [2.75, 3.05) is 13.2 Å². The molecule has 0 atom stereocenters. The van der Waals surface area contributed by atoms with Crippen molar-refractivity contribution in [2.45, 2.75) is 6.54 Å². The lowest BCUT2D eigenvalue weighted by atomic mass is 10.1. The van der Waals surface area contributed by atoms with Crippen molar-refractivity contribution in [3.63, 3.8) is 0 Å². The quantitative estimate of drug-likeness (QED) is 0.724. The van der Waals surface area contributed by atoms with Gasteiger partial charge in [0.05, 0.1) is 11.3 Å². The van der Waals surface area contributed by atoms with Crippen LogP contribution in [0.2, 0.25) is 0 Å². The monoisotopic (exact) mass is 247 g/mol. The van der Waals surface area contributed by atoms with E-state index in [0.29, 0.717) is 30.2 Å². The minimum atomic E-state index is -0.192. The molecule has 0 saturated heterocycles. The maximum absolute atomic E-state index is 11.5. The molecule has 0 aliphatic carbocycles. The minimum Gasteiger partial charge on any atom is -0.486 e. The topological polar surface area (TPSA) is 93.1 Å². The smallest absolute Gasteiger partial charge is 0.269 e. The van der Waals surface area contributed by atoms with Gasteiger partial charge in [-0.2, -0.15) is 0 Å². The number of nitrogens with two attached hydrogens (primary N) is 1. The zero-order valence-electron chi connectivity index (χ0n) is 9.66. The zero-order valence-corrected chi connectivity index (χ0v) is 9.66. The molecule has 0 radical (unpaired) electrons. The van der Waals surface area contributed by atoms with Gasteiger partial charge in [0.1, 0.15) is 13.2 Å². The third-order valence-electron chi connectivity index (χ3n) is 2.91.